The number of benzene rings is 2. The molecule has 0 fully saturated rings. The number of hydrogen-bond acceptors (Lipinski definition) is 5. The number of hydrogen-bond donors (Lipinski definition) is 0. The van der Waals surface area contributed by atoms with Crippen molar-refractivity contribution in [2.75, 3.05) is 26.8 Å². The lowest BCUT2D eigenvalue weighted by Crippen LogP contribution is -2.43. The van der Waals surface area contributed by atoms with Crippen LogP contribution in [0.15, 0.2) is 83.6 Å². The summed E-state index contributed by atoms with van der Waals surface area (Å²) in [6.07, 6.45) is 1.53. The van der Waals surface area contributed by atoms with Gasteiger partial charge in [-0.15, -0.1) is 11.3 Å². The fraction of sp³-hybridized carbons (Fsp3) is 0.240. The Hall–Kier alpha value is -2.78. The molecule has 0 unspecified atom stereocenters. The molecule has 174 valence electrons. The molecule has 0 aliphatic heterocycles. The second kappa shape index (κ2) is 12.5. The summed E-state index contributed by atoms with van der Waals surface area (Å²) in [6, 6.07) is 22.8. The number of carbonyl (C=O) groups excluding carboxylic acids is 1. The van der Waals surface area contributed by atoms with Crippen molar-refractivity contribution in [3.05, 3.63) is 99.6 Å². The van der Waals surface area contributed by atoms with Crippen LogP contribution in [0.4, 0.5) is 0 Å². The van der Waals surface area contributed by atoms with E-state index in [0.29, 0.717) is 13.1 Å². The van der Waals surface area contributed by atoms with E-state index in [-0.39, 0.29) is 25.6 Å². The lowest BCUT2D eigenvalue weighted by molar-refractivity contribution is -0.132. The van der Waals surface area contributed by atoms with E-state index >= 15 is 0 Å². The van der Waals surface area contributed by atoms with E-state index in [1.54, 1.807) is 16.2 Å². The zero-order valence-electron chi connectivity index (χ0n) is 18.5. The Morgan fingerprint density at radius 2 is 1.67 bits per heavy atom. The van der Waals surface area contributed by atoms with Crippen LogP contribution in [0.2, 0.25) is 0 Å². The normalized spacial score (nSPS) is 11.8. The predicted molar refractivity (Wildman–Crippen MR) is 133 cm³/mol. The minimum absolute atomic E-state index is 0.0852. The van der Waals surface area contributed by atoms with E-state index in [4.69, 9.17) is 4.74 Å². The first-order valence-electron chi connectivity index (χ1n) is 10.5. The number of thiophene rings is 1. The van der Waals surface area contributed by atoms with E-state index in [1.807, 2.05) is 78.2 Å². The monoisotopic (exact) mass is 484 g/mol. The van der Waals surface area contributed by atoms with Crippen LogP contribution in [0, 0.1) is 0 Å². The number of ether oxygens (including phenoxy) is 1. The SMILES string of the molecule is COCCN(CC(=O)N(Cc1ccccc1)Cc1cccs1)S(=O)(=O)C=Cc1ccccc1. The van der Waals surface area contributed by atoms with Gasteiger partial charge in [0.2, 0.25) is 15.9 Å². The molecule has 0 aliphatic carbocycles. The van der Waals surface area contributed by atoms with E-state index < -0.39 is 10.0 Å². The largest absolute Gasteiger partial charge is 0.383 e. The van der Waals surface area contributed by atoms with Gasteiger partial charge in [-0.05, 0) is 28.6 Å². The van der Waals surface area contributed by atoms with Gasteiger partial charge in [0.05, 0.1) is 19.7 Å². The minimum atomic E-state index is -3.83. The number of amides is 1. The third kappa shape index (κ3) is 7.94. The molecule has 0 saturated heterocycles. The Bertz CT molecular complexity index is 1120. The molecule has 0 radical (unpaired) electrons. The van der Waals surface area contributed by atoms with E-state index in [1.165, 1.54) is 17.5 Å². The molecule has 0 aliphatic rings. The van der Waals surface area contributed by atoms with Crippen LogP contribution in [-0.2, 0) is 32.6 Å². The topological polar surface area (TPSA) is 66.9 Å². The van der Waals surface area contributed by atoms with Gasteiger partial charge in [0.25, 0.3) is 0 Å². The standard InChI is InChI=1S/C25H28N2O4S2/c1-31-16-15-27(33(29,30)18-14-22-9-4-2-5-10-22)21-25(28)26(20-24-13-8-17-32-24)19-23-11-6-3-7-12-23/h2-14,17-18H,15-16,19-21H2,1H3. The van der Waals surface area contributed by atoms with E-state index in [2.05, 4.69) is 0 Å². The summed E-state index contributed by atoms with van der Waals surface area (Å²) in [7, 11) is -2.32. The minimum Gasteiger partial charge on any atom is -0.383 e. The quantitative estimate of drug-likeness (QED) is 0.386. The number of sulfonamides is 1. The van der Waals surface area contributed by atoms with Crippen molar-refractivity contribution in [2.24, 2.45) is 0 Å². The number of rotatable bonds is 12. The summed E-state index contributed by atoms with van der Waals surface area (Å²) >= 11 is 1.57. The Balaban J connectivity index is 1.79. The molecule has 0 N–H and O–H groups in total. The van der Waals surface area contributed by atoms with E-state index in [9.17, 15) is 13.2 Å². The van der Waals surface area contributed by atoms with Gasteiger partial charge in [-0.2, -0.15) is 4.31 Å². The molecule has 6 nitrogen and oxygen atoms in total. The highest BCUT2D eigenvalue weighted by atomic mass is 32.2. The van der Waals surface area contributed by atoms with Crippen LogP contribution in [-0.4, -0.2) is 50.3 Å². The van der Waals surface area contributed by atoms with Crippen molar-refractivity contribution in [1.82, 2.24) is 9.21 Å². The molecule has 33 heavy (non-hydrogen) atoms. The first kappa shape index (κ1) is 24.9. The van der Waals surface area contributed by atoms with Crippen molar-refractivity contribution in [3.63, 3.8) is 0 Å². The van der Waals surface area contributed by atoms with Crippen LogP contribution in [0.25, 0.3) is 6.08 Å². The van der Waals surface area contributed by atoms with Gasteiger partial charge in [0.15, 0.2) is 0 Å². The fourth-order valence-corrected chi connectivity index (χ4v) is 5.02. The number of nitrogens with zero attached hydrogens (tertiary/aromatic N) is 2. The van der Waals surface area contributed by atoms with Gasteiger partial charge in [0.1, 0.15) is 0 Å². The third-order valence-corrected chi connectivity index (χ3v) is 7.32. The molecule has 0 bridgehead atoms. The Kier molecular flexibility index (Phi) is 9.38. The zero-order valence-corrected chi connectivity index (χ0v) is 20.2. The van der Waals surface area contributed by atoms with Crippen LogP contribution in [0.1, 0.15) is 16.0 Å². The Labute approximate surface area is 199 Å². The number of methoxy groups -OCH3 is 1. The number of carbonyl (C=O) groups is 1. The zero-order chi connectivity index (χ0) is 23.5. The van der Waals surface area contributed by atoms with E-state index in [0.717, 1.165) is 21.4 Å². The van der Waals surface area contributed by atoms with Crippen molar-refractivity contribution in [1.29, 1.82) is 0 Å². The summed E-state index contributed by atoms with van der Waals surface area (Å²) in [5.41, 5.74) is 1.75. The average Bonchev–Trinajstić information content (AvgIpc) is 3.34. The molecular formula is C25H28N2O4S2. The highest BCUT2D eigenvalue weighted by Gasteiger charge is 2.25. The Morgan fingerprint density at radius 1 is 0.970 bits per heavy atom. The lowest BCUT2D eigenvalue weighted by atomic mass is 10.2. The molecule has 0 saturated carbocycles. The van der Waals surface area contributed by atoms with Crippen molar-refractivity contribution in [2.45, 2.75) is 13.1 Å². The van der Waals surface area contributed by atoms with Gasteiger partial charge in [-0.3, -0.25) is 4.79 Å². The average molecular weight is 485 g/mol. The second-order valence-electron chi connectivity index (χ2n) is 7.40. The molecule has 1 amide bonds. The summed E-state index contributed by atoms with van der Waals surface area (Å²) in [5, 5.41) is 3.11. The van der Waals surface area contributed by atoms with Gasteiger partial charge in [-0.1, -0.05) is 66.7 Å². The van der Waals surface area contributed by atoms with Gasteiger partial charge < -0.3 is 9.64 Å². The summed E-state index contributed by atoms with van der Waals surface area (Å²) < 4.78 is 32.4. The summed E-state index contributed by atoms with van der Waals surface area (Å²) in [5.74, 6) is -0.264. The lowest BCUT2D eigenvalue weighted by Gasteiger charge is -2.26. The summed E-state index contributed by atoms with van der Waals surface area (Å²) in [4.78, 5) is 16.1. The van der Waals surface area contributed by atoms with Gasteiger partial charge >= 0.3 is 0 Å². The van der Waals surface area contributed by atoms with Gasteiger partial charge in [-0.25, -0.2) is 8.42 Å². The fourth-order valence-electron chi connectivity index (χ4n) is 3.18. The maximum Gasteiger partial charge on any atom is 0.238 e. The second-order valence-corrected chi connectivity index (χ2v) is 10.3. The van der Waals surface area contributed by atoms with Crippen molar-refractivity contribution >= 4 is 33.3 Å². The molecule has 2 aromatic carbocycles. The molecule has 3 rings (SSSR count). The molecule has 0 atom stereocenters. The van der Waals surface area contributed by atoms with Crippen LogP contribution >= 0.6 is 11.3 Å². The smallest absolute Gasteiger partial charge is 0.238 e. The molecule has 0 spiro atoms. The molecule has 1 heterocycles. The first-order valence-corrected chi connectivity index (χ1v) is 12.9. The summed E-state index contributed by atoms with van der Waals surface area (Å²) in [6.45, 7) is 0.833. The highest BCUT2D eigenvalue weighted by Crippen LogP contribution is 2.16. The van der Waals surface area contributed by atoms with Crippen LogP contribution < -0.4 is 0 Å². The maximum absolute atomic E-state index is 13.3. The third-order valence-electron chi connectivity index (χ3n) is 4.94. The van der Waals surface area contributed by atoms with Crippen molar-refractivity contribution < 1.29 is 17.9 Å². The predicted octanol–water partition coefficient (Wildman–Crippen LogP) is 4.23. The van der Waals surface area contributed by atoms with Crippen LogP contribution in [0.5, 0.6) is 0 Å². The highest BCUT2D eigenvalue weighted by molar-refractivity contribution is 7.92. The molecular weight excluding hydrogens is 456 g/mol. The van der Waals surface area contributed by atoms with Crippen LogP contribution in [0.3, 0.4) is 0 Å². The van der Waals surface area contributed by atoms with Crippen molar-refractivity contribution in [3.8, 4) is 0 Å². The van der Waals surface area contributed by atoms with Gasteiger partial charge in [0, 0.05) is 30.5 Å². The molecule has 3 aromatic rings. The first-order chi connectivity index (χ1) is 16.0. The molecule has 1 aromatic heterocycles. The maximum atomic E-state index is 13.3. The Morgan fingerprint density at radius 3 is 2.30 bits per heavy atom. The molecule has 8 heteroatoms.